The second-order valence-corrected chi connectivity index (χ2v) is 4.96. The van der Waals surface area contributed by atoms with Crippen molar-refractivity contribution in [2.45, 2.75) is 26.3 Å². The molecule has 0 aliphatic carbocycles. The molecule has 18 heavy (non-hydrogen) atoms. The average molecular weight is 271 g/mol. The third-order valence-corrected chi connectivity index (χ3v) is 2.74. The van der Waals surface area contributed by atoms with Crippen molar-refractivity contribution in [1.82, 2.24) is 10.3 Å². The van der Waals surface area contributed by atoms with Crippen LogP contribution in [0.3, 0.4) is 0 Å². The third-order valence-electron chi connectivity index (χ3n) is 1.98. The largest absolute Gasteiger partial charge is 0.480 e. The van der Waals surface area contributed by atoms with E-state index in [0.717, 1.165) is 11.3 Å². The summed E-state index contributed by atoms with van der Waals surface area (Å²) in [6.07, 6.45) is 0. The molecule has 0 atom stereocenters. The highest BCUT2D eigenvalue weighted by Crippen LogP contribution is 2.16. The summed E-state index contributed by atoms with van der Waals surface area (Å²) < 4.78 is 0. The molecule has 0 saturated carbocycles. The molecule has 0 bridgehead atoms. The first kappa shape index (κ1) is 14.1. The zero-order valence-electron chi connectivity index (χ0n) is 10.1. The van der Waals surface area contributed by atoms with Gasteiger partial charge in [-0.1, -0.05) is 0 Å². The van der Waals surface area contributed by atoms with Gasteiger partial charge in [-0.05, 0) is 13.8 Å². The van der Waals surface area contributed by atoms with Gasteiger partial charge in [-0.2, -0.15) is 0 Å². The molecule has 0 aliphatic heterocycles. The van der Waals surface area contributed by atoms with Crippen LogP contribution >= 0.6 is 11.3 Å². The minimum atomic E-state index is -1.38. The second-order valence-electron chi connectivity index (χ2n) is 4.10. The van der Waals surface area contributed by atoms with Crippen LogP contribution in [0.5, 0.6) is 0 Å². The van der Waals surface area contributed by atoms with Crippen molar-refractivity contribution in [3.63, 3.8) is 0 Å². The fourth-order valence-electron chi connectivity index (χ4n) is 0.987. The number of rotatable bonds is 4. The van der Waals surface area contributed by atoms with Crippen molar-refractivity contribution >= 4 is 34.3 Å². The molecule has 1 aromatic rings. The van der Waals surface area contributed by atoms with Gasteiger partial charge in [-0.3, -0.25) is 9.59 Å². The molecule has 0 spiro atoms. The first-order valence-electron chi connectivity index (χ1n) is 5.01. The number of carbonyl (C=O) groups excluding carboxylic acids is 2. The summed E-state index contributed by atoms with van der Waals surface area (Å²) in [7, 11) is 0. The van der Waals surface area contributed by atoms with Gasteiger partial charge in [0.25, 0.3) is 5.91 Å². The molecular formula is C10H13N3O4S. The van der Waals surface area contributed by atoms with E-state index in [-0.39, 0.29) is 11.6 Å². The van der Waals surface area contributed by atoms with Crippen LogP contribution in [0.25, 0.3) is 0 Å². The number of anilines is 1. The number of thiazole rings is 1. The number of nitrogens with zero attached hydrogens (tertiary/aromatic N) is 1. The van der Waals surface area contributed by atoms with Gasteiger partial charge in [-0.15, -0.1) is 11.3 Å². The van der Waals surface area contributed by atoms with E-state index in [1.165, 1.54) is 26.2 Å². The Kier molecular flexibility index (Phi) is 4.02. The smallest absolute Gasteiger partial charge is 0.328 e. The van der Waals surface area contributed by atoms with Gasteiger partial charge in [0.15, 0.2) is 5.13 Å². The number of aromatic nitrogens is 1. The van der Waals surface area contributed by atoms with Gasteiger partial charge in [0.2, 0.25) is 5.91 Å². The summed E-state index contributed by atoms with van der Waals surface area (Å²) in [6, 6.07) is 0. The number of carboxylic acid groups (broad SMARTS) is 1. The monoisotopic (exact) mass is 271 g/mol. The number of hydrogen-bond acceptors (Lipinski definition) is 5. The predicted octanol–water partition coefficient (Wildman–Crippen LogP) is 0.694. The number of carboxylic acids is 1. The van der Waals surface area contributed by atoms with Crippen molar-refractivity contribution in [3.8, 4) is 0 Å². The Morgan fingerprint density at radius 1 is 1.39 bits per heavy atom. The van der Waals surface area contributed by atoms with Crippen LogP contribution in [0.15, 0.2) is 5.38 Å². The highest BCUT2D eigenvalue weighted by Gasteiger charge is 2.30. The molecule has 1 aromatic heterocycles. The summed E-state index contributed by atoms with van der Waals surface area (Å²) in [5.74, 6) is -2.04. The van der Waals surface area contributed by atoms with Gasteiger partial charge in [-0.25, -0.2) is 9.78 Å². The van der Waals surface area contributed by atoms with Crippen LogP contribution in [-0.4, -0.2) is 33.4 Å². The van der Waals surface area contributed by atoms with E-state index in [4.69, 9.17) is 5.11 Å². The lowest BCUT2D eigenvalue weighted by atomic mass is 10.1. The molecule has 0 fully saturated rings. The van der Waals surface area contributed by atoms with E-state index in [9.17, 15) is 14.4 Å². The minimum Gasteiger partial charge on any atom is -0.480 e. The molecule has 0 saturated heterocycles. The molecule has 7 nitrogen and oxygen atoms in total. The maximum absolute atomic E-state index is 11.7. The Labute approximate surface area is 107 Å². The Bertz CT molecular complexity index is 495. The molecular weight excluding hydrogens is 258 g/mol. The lowest BCUT2D eigenvalue weighted by Crippen LogP contribution is -2.49. The van der Waals surface area contributed by atoms with Crippen molar-refractivity contribution in [3.05, 3.63) is 11.1 Å². The number of hydrogen-bond donors (Lipinski definition) is 3. The fourth-order valence-corrected chi connectivity index (χ4v) is 1.72. The van der Waals surface area contributed by atoms with Crippen LogP contribution in [0.1, 0.15) is 31.3 Å². The van der Waals surface area contributed by atoms with Gasteiger partial charge >= 0.3 is 5.97 Å². The van der Waals surface area contributed by atoms with Crippen LogP contribution in [0.4, 0.5) is 5.13 Å². The highest BCUT2D eigenvalue weighted by atomic mass is 32.1. The third kappa shape index (κ3) is 3.52. The molecule has 0 aromatic carbocycles. The lowest BCUT2D eigenvalue weighted by Gasteiger charge is -2.20. The van der Waals surface area contributed by atoms with Crippen LogP contribution in [0.2, 0.25) is 0 Å². The normalized spacial score (nSPS) is 10.8. The van der Waals surface area contributed by atoms with E-state index < -0.39 is 17.4 Å². The number of aliphatic carboxylic acids is 1. The molecule has 0 unspecified atom stereocenters. The van der Waals surface area contributed by atoms with Crippen LogP contribution < -0.4 is 10.6 Å². The summed E-state index contributed by atoms with van der Waals surface area (Å²) >= 11 is 1.09. The first-order chi connectivity index (χ1) is 8.22. The zero-order valence-corrected chi connectivity index (χ0v) is 10.9. The molecule has 1 heterocycles. The Hall–Kier alpha value is -1.96. The maximum atomic E-state index is 11.7. The standard InChI is InChI=1S/C10H13N3O4S/c1-5(14)11-9-12-6(4-18-9)7(15)13-10(2,3)8(16)17/h4H,1-3H3,(H,13,15)(H,16,17)(H,11,12,14). The molecule has 2 amide bonds. The zero-order chi connectivity index (χ0) is 13.9. The van der Waals surface area contributed by atoms with E-state index in [2.05, 4.69) is 15.6 Å². The summed E-state index contributed by atoms with van der Waals surface area (Å²) in [4.78, 5) is 37.2. The molecule has 3 N–H and O–H groups in total. The molecule has 0 radical (unpaired) electrons. The lowest BCUT2D eigenvalue weighted by molar-refractivity contribution is -0.143. The summed E-state index contributed by atoms with van der Waals surface area (Å²) in [6.45, 7) is 4.07. The van der Waals surface area contributed by atoms with Crippen LogP contribution in [0, 0.1) is 0 Å². The predicted molar refractivity (Wildman–Crippen MR) is 65.6 cm³/mol. The molecule has 8 heteroatoms. The fraction of sp³-hybridized carbons (Fsp3) is 0.400. The van der Waals surface area contributed by atoms with Crippen LogP contribution in [-0.2, 0) is 9.59 Å². The van der Waals surface area contributed by atoms with E-state index >= 15 is 0 Å². The summed E-state index contributed by atoms with van der Waals surface area (Å²) in [5.41, 5.74) is -1.31. The minimum absolute atomic E-state index is 0.0677. The second kappa shape index (κ2) is 5.13. The summed E-state index contributed by atoms with van der Waals surface area (Å²) in [5, 5.41) is 15.4. The van der Waals surface area contributed by atoms with Crippen molar-refractivity contribution < 1.29 is 19.5 Å². The average Bonchev–Trinajstić information content (AvgIpc) is 2.64. The van der Waals surface area contributed by atoms with Gasteiger partial charge in [0.1, 0.15) is 11.2 Å². The molecule has 0 aliphatic rings. The number of nitrogens with one attached hydrogen (secondary N) is 2. The van der Waals surface area contributed by atoms with Gasteiger partial charge in [0, 0.05) is 12.3 Å². The number of carbonyl (C=O) groups is 3. The maximum Gasteiger partial charge on any atom is 0.328 e. The molecule has 98 valence electrons. The van der Waals surface area contributed by atoms with E-state index in [1.54, 1.807) is 0 Å². The van der Waals surface area contributed by atoms with Crippen molar-refractivity contribution in [1.29, 1.82) is 0 Å². The SMILES string of the molecule is CC(=O)Nc1nc(C(=O)NC(C)(C)C(=O)O)cs1. The van der Waals surface area contributed by atoms with E-state index in [0.29, 0.717) is 5.13 Å². The van der Waals surface area contributed by atoms with Crippen molar-refractivity contribution in [2.75, 3.05) is 5.32 Å². The van der Waals surface area contributed by atoms with Crippen molar-refractivity contribution in [2.24, 2.45) is 0 Å². The molecule has 1 rings (SSSR count). The Morgan fingerprint density at radius 2 is 2.00 bits per heavy atom. The quantitative estimate of drug-likeness (QED) is 0.746. The van der Waals surface area contributed by atoms with Gasteiger partial charge in [0.05, 0.1) is 0 Å². The first-order valence-corrected chi connectivity index (χ1v) is 5.89. The number of amides is 2. The van der Waals surface area contributed by atoms with E-state index in [1.807, 2.05) is 0 Å². The topological polar surface area (TPSA) is 108 Å². The Morgan fingerprint density at radius 3 is 2.50 bits per heavy atom. The van der Waals surface area contributed by atoms with Gasteiger partial charge < -0.3 is 15.7 Å². The highest BCUT2D eigenvalue weighted by molar-refractivity contribution is 7.14. The Balaban J connectivity index is 2.76.